The molecule has 17 heavy (non-hydrogen) atoms. The van der Waals surface area contributed by atoms with Crippen molar-refractivity contribution in [3.8, 4) is 5.75 Å². The molecule has 2 rings (SSSR count). The molecule has 0 unspecified atom stereocenters. The molecule has 0 aromatic heterocycles. The van der Waals surface area contributed by atoms with E-state index in [9.17, 15) is 4.79 Å². The van der Waals surface area contributed by atoms with Gasteiger partial charge in [-0.15, -0.1) is 0 Å². The van der Waals surface area contributed by atoms with Gasteiger partial charge in [0.05, 0.1) is 7.11 Å². The summed E-state index contributed by atoms with van der Waals surface area (Å²) in [7, 11) is 1.66. The second-order valence-electron chi connectivity index (χ2n) is 4.75. The smallest absolute Gasteiger partial charge is 0.235 e. The Bertz CT molecular complexity index is 483. The fourth-order valence-electron chi connectivity index (χ4n) is 2.70. The maximum atomic E-state index is 10.6. The maximum absolute atomic E-state index is 10.6. The van der Waals surface area contributed by atoms with Gasteiger partial charge in [-0.05, 0) is 50.3 Å². The molecule has 3 heteroatoms. The van der Waals surface area contributed by atoms with Gasteiger partial charge < -0.3 is 4.74 Å². The van der Waals surface area contributed by atoms with E-state index in [0.29, 0.717) is 0 Å². The predicted octanol–water partition coefficient (Wildman–Crippen LogP) is 3.03. The first-order valence-electron chi connectivity index (χ1n) is 5.88. The van der Waals surface area contributed by atoms with Crippen LogP contribution in [0.2, 0.25) is 0 Å². The van der Waals surface area contributed by atoms with Gasteiger partial charge in [-0.1, -0.05) is 6.07 Å². The Balaban J connectivity index is 2.61. The molecule has 1 saturated carbocycles. The summed E-state index contributed by atoms with van der Waals surface area (Å²) in [5, 5.41) is 0. The minimum absolute atomic E-state index is 0.384. The Hall–Kier alpha value is -1.60. The van der Waals surface area contributed by atoms with Crippen LogP contribution in [0.3, 0.4) is 0 Å². The summed E-state index contributed by atoms with van der Waals surface area (Å²) in [4.78, 5) is 14.7. The van der Waals surface area contributed by atoms with Gasteiger partial charge in [0.15, 0.2) is 0 Å². The van der Waals surface area contributed by atoms with Crippen LogP contribution < -0.4 is 4.74 Å². The Morgan fingerprint density at radius 2 is 2.06 bits per heavy atom. The highest BCUT2D eigenvalue weighted by Gasteiger charge is 2.42. The summed E-state index contributed by atoms with van der Waals surface area (Å²) < 4.78 is 5.45. The molecular formula is C14H17NO2. The van der Waals surface area contributed by atoms with Crippen molar-refractivity contribution in [1.82, 2.24) is 0 Å². The first-order valence-corrected chi connectivity index (χ1v) is 5.88. The van der Waals surface area contributed by atoms with Gasteiger partial charge in [0, 0.05) is 5.56 Å². The molecule has 1 aliphatic carbocycles. The van der Waals surface area contributed by atoms with Crippen molar-refractivity contribution in [3.63, 3.8) is 0 Å². The SMILES string of the molecule is COc1cc(C)cc(C)c1C1(N=C=O)CCC1. The van der Waals surface area contributed by atoms with Crippen LogP contribution >= 0.6 is 0 Å². The van der Waals surface area contributed by atoms with Gasteiger partial charge in [-0.25, -0.2) is 4.79 Å². The monoisotopic (exact) mass is 231 g/mol. The molecule has 3 nitrogen and oxygen atoms in total. The van der Waals surface area contributed by atoms with Crippen molar-refractivity contribution < 1.29 is 9.53 Å². The fraction of sp³-hybridized carbons (Fsp3) is 0.500. The van der Waals surface area contributed by atoms with E-state index in [1.54, 1.807) is 13.2 Å². The molecule has 0 atom stereocenters. The number of aryl methyl sites for hydroxylation is 2. The summed E-state index contributed by atoms with van der Waals surface area (Å²) >= 11 is 0. The van der Waals surface area contributed by atoms with Crippen LogP contribution in [0.1, 0.15) is 36.0 Å². The Labute approximate surface area is 102 Å². The molecule has 0 N–H and O–H groups in total. The summed E-state index contributed by atoms with van der Waals surface area (Å²) in [5.74, 6) is 0.834. The van der Waals surface area contributed by atoms with Crippen molar-refractivity contribution in [2.75, 3.05) is 7.11 Å². The van der Waals surface area contributed by atoms with Gasteiger partial charge in [-0.3, -0.25) is 0 Å². The highest BCUT2D eigenvalue weighted by molar-refractivity contribution is 5.50. The van der Waals surface area contributed by atoms with Crippen LogP contribution in [0, 0.1) is 13.8 Å². The van der Waals surface area contributed by atoms with Crippen molar-refractivity contribution in [2.45, 2.75) is 38.6 Å². The quantitative estimate of drug-likeness (QED) is 0.592. The van der Waals surface area contributed by atoms with Crippen LogP contribution in [0.5, 0.6) is 5.75 Å². The summed E-state index contributed by atoms with van der Waals surface area (Å²) in [6.45, 7) is 4.08. The van der Waals surface area contributed by atoms with Gasteiger partial charge in [0.25, 0.3) is 0 Å². The van der Waals surface area contributed by atoms with Crippen LogP contribution in [0.4, 0.5) is 0 Å². The normalized spacial score (nSPS) is 16.9. The number of isocyanates is 1. The first kappa shape index (κ1) is 11.9. The highest BCUT2D eigenvalue weighted by atomic mass is 16.5. The number of hydrogen-bond acceptors (Lipinski definition) is 3. The third kappa shape index (κ3) is 1.87. The Morgan fingerprint density at radius 3 is 2.53 bits per heavy atom. The van der Waals surface area contributed by atoms with E-state index in [1.165, 1.54) is 0 Å². The zero-order valence-electron chi connectivity index (χ0n) is 10.5. The van der Waals surface area contributed by atoms with Crippen LogP contribution in [-0.2, 0) is 10.3 Å². The van der Waals surface area contributed by atoms with E-state index < -0.39 is 0 Å². The van der Waals surface area contributed by atoms with Gasteiger partial charge >= 0.3 is 0 Å². The van der Waals surface area contributed by atoms with Gasteiger partial charge in [0.2, 0.25) is 6.08 Å². The minimum atomic E-state index is -0.384. The molecule has 0 heterocycles. The predicted molar refractivity (Wildman–Crippen MR) is 66.1 cm³/mol. The number of carbonyl (C=O) groups excluding carboxylic acids is 1. The lowest BCUT2D eigenvalue weighted by atomic mass is 9.70. The molecule has 0 aliphatic heterocycles. The lowest BCUT2D eigenvalue weighted by Gasteiger charge is -2.39. The number of aliphatic imine (C=N–C) groups is 1. The van der Waals surface area contributed by atoms with Crippen LogP contribution in [-0.4, -0.2) is 13.2 Å². The zero-order chi connectivity index (χ0) is 12.5. The molecule has 0 amide bonds. The number of hydrogen-bond donors (Lipinski definition) is 0. The van der Waals surface area contributed by atoms with E-state index >= 15 is 0 Å². The van der Waals surface area contributed by atoms with Crippen molar-refractivity contribution in [1.29, 1.82) is 0 Å². The van der Waals surface area contributed by atoms with Gasteiger partial charge in [0.1, 0.15) is 11.3 Å². The van der Waals surface area contributed by atoms with E-state index in [-0.39, 0.29) is 5.54 Å². The number of ether oxygens (including phenoxy) is 1. The largest absolute Gasteiger partial charge is 0.496 e. The number of nitrogens with zero attached hydrogens (tertiary/aromatic N) is 1. The Kier molecular flexibility index (Phi) is 3.03. The second kappa shape index (κ2) is 4.34. The molecule has 1 fully saturated rings. The van der Waals surface area contributed by atoms with Crippen molar-refractivity contribution >= 4 is 6.08 Å². The molecule has 0 bridgehead atoms. The van der Waals surface area contributed by atoms with Crippen LogP contribution in [0.25, 0.3) is 0 Å². The molecular weight excluding hydrogens is 214 g/mol. The first-order chi connectivity index (χ1) is 8.13. The molecule has 1 aromatic carbocycles. The van der Waals surface area contributed by atoms with E-state index in [0.717, 1.165) is 41.7 Å². The average Bonchev–Trinajstić information content (AvgIpc) is 2.23. The molecule has 0 saturated heterocycles. The lowest BCUT2D eigenvalue weighted by Crippen LogP contribution is -2.33. The summed E-state index contributed by atoms with van der Waals surface area (Å²) in [5.41, 5.74) is 2.97. The molecule has 1 aromatic rings. The zero-order valence-corrected chi connectivity index (χ0v) is 10.5. The topological polar surface area (TPSA) is 38.7 Å². The maximum Gasteiger partial charge on any atom is 0.235 e. The molecule has 90 valence electrons. The van der Waals surface area contributed by atoms with Gasteiger partial charge in [-0.2, -0.15) is 4.99 Å². The number of rotatable bonds is 3. The fourth-order valence-corrected chi connectivity index (χ4v) is 2.70. The summed E-state index contributed by atoms with van der Waals surface area (Å²) in [6, 6.07) is 4.11. The lowest BCUT2D eigenvalue weighted by molar-refractivity contribution is 0.245. The standard InChI is InChI=1S/C14H17NO2/c1-10-7-11(2)13(12(8-10)17-3)14(15-9-16)5-4-6-14/h7-8H,4-6H2,1-3H3. The molecule has 1 aliphatic rings. The third-order valence-electron chi connectivity index (χ3n) is 3.57. The number of methoxy groups -OCH3 is 1. The van der Waals surface area contributed by atoms with Crippen molar-refractivity contribution in [3.05, 3.63) is 28.8 Å². The van der Waals surface area contributed by atoms with E-state index in [1.807, 2.05) is 19.9 Å². The molecule has 0 spiro atoms. The van der Waals surface area contributed by atoms with Crippen molar-refractivity contribution in [2.24, 2.45) is 4.99 Å². The third-order valence-corrected chi connectivity index (χ3v) is 3.57. The number of benzene rings is 1. The second-order valence-corrected chi connectivity index (χ2v) is 4.75. The Morgan fingerprint density at radius 1 is 1.35 bits per heavy atom. The summed E-state index contributed by atoms with van der Waals surface area (Å²) in [6.07, 6.45) is 4.63. The highest BCUT2D eigenvalue weighted by Crippen LogP contribution is 2.49. The minimum Gasteiger partial charge on any atom is -0.496 e. The molecule has 0 radical (unpaired) electrons. The van der Waals surface area contributed by atoms with E-state index in [4.69, 9.17) is 4.74 Å². The van der Waals surface area contributed by atoms with Crippen LogP contribution in [0.15, 0.2) is 17.1 Å². The van der Waals surface area contributed by atoms with E-state index in [2.05, 4.69) is 11.1 Å². The average molecular weight is 231 g/mol.